The van der Waals surface area contributed by atoms with Crippen LogP contribution < -0.4 is 4.90 Å². The fourth-order valence-electron chi connectivity index (χ4n) is 4.41. The molecule has 0 aliphatic carbocycles. The van der Waals surface area contributed by atoms with Crippen LogP contribution in [0.4, 0.5) is 5.69 Å². The molecule has 34 heavy (non-hydrogen) atoms. The van der Waals surface area contributed by atoms with Crippen LogP contribution in [-0.2, 0) is 6.42 Å². The van der Waals surface area contributed by atoms with Gasteiger partial charge in [0.25, 0.3) is 0 Å². The maximum Gasteiger partial charge on any atom is 0.197 e. The maximum atomic E-state index is 13.8. The first-order valence-electron chi connectivity index (χ1n) is 12.4. The molecule has 1 N–H and O–H groups in total. The fourth-order valence-corrected chi connectivity index (χ4v) is 4.41. The van der Waals surface area contributed by atoms with E-state index in [4.69, 9.17) is 0 Å². The van der Waals surface area contributed by atoms with Gasteiger partial charge in [0.2, 0.25) is 0 Å². The van der Waals surface area contributed by atoms with Crippen LogP contribution in [0, 0.1) is 0 Å². The van der Waals surface area contributed by atoms with Gasteiger partial charge in [0, 0.05) is 29.8 Å². The molecule has 4 nitrogen and oxygen atoms in total. The minimum atomic E-state index is -0.332. The predicted octanol–water partition coefficient (Wildman–Crippen LogP) is 6.82. The Labute approximate surface area is 203 Å². The zero-order chi connectivity index (χ0) is 24.5. The first-order valence-corrected chi connectivity index (χ1v) is 12.4. The zero-order valence-corrected chi connectivity index (χ0v) is 20.5. The molecule has 0 aliphatic rings. The molecule has 3 aromatic carbocycles. The molecule has 0 atom stereocenters. The third-order valence-electron chi connectivity index (χ3n) is 6.29. The number of benzene rings is 3. The lowest BCUT2D eigenvalue weighted by molar-refractivity contribution is 0.1000. The summed E-state index contributed by atoms with van der Waals surface area (Å²) in [6.45, 7) is 7.58. The van der Waals surface area contributed by atoms with Crippen LogP contribution in [0.1, 0.15) is 83.9 Å². The highest BCUT2D eigenvalue weighted by molar-refractivity contribution is 6.22. The molecule has 178 valence electrons. The van der Waals surface area contributed by atoms with Gasteiger partial charge in [-0.15, -0.1) is 0 Å². The van der Waals surface area contributed by atoms with Crippen molar-refractivity contribution in [3.8, 4) is 5.75 Å². The Bertz CT molecular complexity index is 1100. The van der Waals surface area contributed by atoms with E-state index in [9.17, 15) is 14.7 Å². The number of anilines is 1. The second-order valence-electron chi connectivity index (χ2n) is 8.53. The van der Waals surface area contributed by atoms with Gasteiger partial charge in [-0.1, -0.05) is 86.8 Å². The summed E-state index contributed by atoms with van der Waals surface area (Å²) >= 11 is 0. The maximum absolute atomic E-state index is 13.8. The third kappa shape index (κ3) is 5.56. The Balaban J connectivity index is 2.27. The van der Waals surface area contributed by atoms with E-state index in [0.717, 1.165) is 31.2 Å². The van der Waals surface area contributed by atoms with Crippen molar-refractivity contribution in [3.05, 3.63) is 94.5 Å². The van der Waals surface area contributed by atoms with E-state index >= 15 is 0 Å². The lowest BCUT2D eigenvalue weighted by Gasteiger charge is -2.26. The summed E-state index contributed by atoms with van der Waals surface area (Å²) in [5.41, 5.74) is 2.83. The molecule has 0 fully saturated rings. The normalized spacial score (nSPS) is 10.8. The number of hydrogen-bond donors (Lipinski definition) is 1. The SMILES string of the molecule is CCCCCCc1cc(N(CC)CC)c(O)c(C(=O)c2ccccc2)c1C(=O)c1ccccc1. The Morgan fingerprint density at radius 2 is 1.26 bits per heavy atom. The van der Waals surface area contributed by atoms with Gasteiger partial charge < -0.3 is 10.0 Å². The van der Waals surface area contributed by atoms with Crippen LogP contribution >= 0.6 is 0 Å². The molecule has 0 unspecified atom stereocenters. The molecule has 0 aliphatic heterocycles. The van der Waals surface area contributed by atoms with Crippen LogP contribution in [0.15, 0.2) is 66.7 Å². The molecule has 0 aromatic heterocycles. The van der Waals surface area contributed by atoms with Gasteiger partial charge in [-0.2, -0.15) is 0 Å². The Morgan fingerprint density at radius 3 is 1.76 bits per heavy atom. The first-order chi connectivity index (χ1) is 16.5. The largest absolute Gasteiger partial charge is 0.505 e. The quantitative estimate of drug-likeness (QED) is 0.239. The highest BCUT2D eigenvalue weighted by Crippen LogP contribution is 2.39. The van der Waals surface area contributed by atoms with Crippen LogP contribution in [0.25, 0.3) is 0 Å². The summed E-state index contributed by atoms with van der Waals surface area (Å²) < 4.78 is 0. The standard InChI is InChI=1S/C30H35NO3/c1-4-7-8-11-20-24-21-25(31(5-2)6-3)30(34)27(29(33)23-18-14-10-15-19-23)26(24)28(32)22-16-12-9-13-17-22/h9-10,12-19,21,34H,4-8,11,20H2,1-3H3. The van der Waals surface area contributed by atoms with Crippen LogP contribution in [0.2, 0.25) is 0 Å². The summed E-state index contributed by atoms with van der Waals surface area (Å²) in [6.07, 6.45) is 4.90. The van der Waals surface area contributed by atoms with Crippen molar-refractivity contribution in [3.63, 3.8) is 0 Å². The molecule has 0 radical (unpaired) electrons. The van der Waals surface area contributed by atoms with E-state index < -0.39 is 0 Å². The lowest BCUT2D eigenvalue weighted by Crippen LogP contribution is -2.24. The second-order valence-corrected chi connectivity index (χ2v) is 8.53. The van der Waals surface area contributed by atoms with E-state index in [1.807, 2.05) is 49.1 Å². The molecule has 0 amide bonds. The lowest BCUT2D eigenvalue weighted by atomic mass is 9.86. The Kier molecular flexibility index (Phi) is 9.03. The summed E-state index contributed by atoms with van der Waals surface area (Å²) in [5.74, 6) is -0.679. The first kappa shape index (κ1) is 25.2. The summed E-state index contributed by atoms with van der Waals surface area (Å²) in [5, 5.41) is 11.4. The molecule has 0 bridgehead atoms. The van der Waals surface area contributed by atoms with E-state index in [0.29, 0.717) is 41.9 Å². The van der Waals surface area contributed by atoms with Gasteiger partial charge in [0.15, 0.2) is 17.3 Å². The number of carbonyl (C=O) groups excluding carboxylic acids is 2. The second kappa shape index (κ2) is 12.2. The Hall–Kier alpha value is -3.40. The number of rotatable bonds is 12. The van der Waals surface area contributed by atoms with Crippen molar-refractivity contribution >= 4 is 17.3 Å². The minimum Gasteiger partial charge on any atom is -0.505 e. The van der Waals surface area contributed by atoms with Crippen molar-refractivity contribution in [2.24, 2.45) is 0 Å². The topological polar surface area (TPSA) is 57.6 Å². The number of carbonyl (C=O) groups is 2. The van der Waals surface area contributed by atoms with Gasteiger partial charge >= 0.3 is 0 Å². The van der Waals surface area contributed by atoms with Gasteiger partial charge in [-0.05, 0) is 38.3 Å². The summed E-state index contributed by atoms with van der Waals surface area (Å²) in [6, 6.07) is 19.8. The molecule has 3 rings (SSSR count). The fraction of sp³-hybridized carbons (Fsp3) is 0.333. The minimum absolute atomic E-state index is 0.106. The molecule has 4 heteroatoms. The Morgan fingerprint density at radius 1 is 0.735 bits per heavy atom. The van der Waals surface area contributed by atoms with Crippen molar-refractivity contribution in [2.75, 3.05) is 18.0 Å². The van der Waals surface area contributed by atoms with Crippen molar-refractivity contribution in [2.45, 2.75) is 52.9 Å². The van der Waals surface area contributed by atoms with Crippen LogP contribution in [0.3, 0.4) is 0 Å². The number of aromatic hydroxyl groups is 1. The van der Waals surface area contributed by atoms with Gasteiger partial charge in [-0.3, -0.25) is 9.59 Å². The molecular weight excluding hydrogens is 422 g/mol. The predicted molar refractivity (Wildman–Crippen MR) is 139 cm³/mol. The van der Waals surface area contributed by atoms with E-state index in [2.05, 4.69) is 6.92 Å². The number of phenols is 1. The zero-order valence-electron chi connectivity index (χ0n) is 20.5. The number of phenolic OH excluding ortho intramolecular Hbond substituents is 1. The van der Waals surface area contributed by atoms with Gasteiger partial charge in [0.05, 0.1) is 11.3 Å². The monoisotopic (exact) mass is 457 g/mol. The molecule has 0 saturated heterocycles. The number of ketones is 2. The van der Waals surface area contributed by atoms with Crippen LogP contribution in [0.5, 0.6) is 5.75 Å². The average Bonchev–Trinajstić information content (AvgIpc) is 2.88. The summed E-state index contributed by atoms with van der Waals surface area (Å²) in [7, 11) is 0. The van der Waals surface area contributed by atoms with Gasteiger partial charge in [0.1, 0.15) is 0 Å². The van der Waals surface area contributed by atoms with E-state index in [1.54, 1.807) is 36.4 Å². The molecular formula is C30H35NO3. The third-order valence-corrected chi connectivity index (χ3v) is 6.29. The molecule has 0 saturated carbocycles. The number of unbranched alkanes of at least 4 members (excludes halogenated alkanes) is 3. The number of nitrogens with zero attached hydrogens (tertiary/aromatic N) is 1. The highest BCUT2D eigenvalue weighted by Gasteiger charge is 2.29. The van der Waals surface area contributed by atoms with Crippen molar-refractivity contribution in [1.29, 1.82) is 0 Å². The number of hydrogen-bond acceptors (Lipinski definition) is 4. The highest BCUT2D eigenvalue weighted by atomic mass is 16.3. The molecule has 0 heterocycles. The average molecular weight is 458 g/mol. The van der Waals surface area contributed by atoms with Crippen molar-refractivity contribution < 1.29 is 14.7 Å². The van der Waals surface area contributed by atoms with Gasteiger partial charge in [-0.25, -0.2) is 0 Å². The van der Waals surface area contributed by atoms with Crippen LogP contribution in [-0.4, -0.2) is 29.8 Å². The van der Waals surface area contributed by atoms with E-state index in [1.165, 1.54) is 0 Å². The smallest absolute Gasteiger partial charge is 0.197 e. The van der Waals surface area contributed by atoms with E-state index in [-0.39, 0.29) is 22.9 Å². The number of aryl methyl sites for hydroxylation is 1. The summed E-state index contributed by atoms with van der Waals surface area (Å²) in [4.78, 5) is 29.6. The molecule has 3 aromatic rings. The molecule has 0 spiro atoms. The van der Waals surface area contributed by atoms with Crippen molar-refractivity contribution in [1.82, 2.24) is 0 Å².